The van der Waals surface area contributed by atoms with Crippen molar-refractivity contribution in [2.24, 2.45) is 4.99 Å². The standard InChI is InChI=1S/C23H28N2/c1-4-5-15-24-16-23-20-11-7-6-9-18(20)13-14-22(23)21-12-8-10-19(21)17-25(2)3/h6-11,13-14,16H,4-5,12,15,17H2,1-3H3. The van der Waals surface area contributed by atoms with E-state index in [0.29, 0.717) is 0 Å². The summed E-state index contributed by atoms with van der Waals surface area (Å²) in [5.41, 5.74) is 5.46. The number of hydrogen-bond donors (Lipinski definition) is 0. The molecule has 2 heteroatoms. The van der Waals surface area contributed by atoms with Crippen LogP contribution in [0.15, 0.2) is 59.1 Å². The fourth-order valence-corrected chi connectivity index (χ4v) is 3.43. The normalized spacial score (nSPS) is 14.6. The van der Waals surface area contributed by atoms with E-state index in [4.69, 9.17) is 4.99 Å². The van der Waals surface area contributed by atoms with Crippen molar-refractivity contribution >= 4 is 22.6 Å². The number of rotatable bonds is 7. The molecule has 0 unspecified atom stereocenters. The highest BCUT2D eigenvalue weighted by molar-refractivity contribution is 6.05. The minimum absolute atomic E-state index is 0.904. The summed E-state index contributed by atoms with van der Waals surface area (Å²) in [7, 11) is 4.26. The fraction of sp³-hybridized carbons (Fsp3) is 0.348. The monoisotopic (exact) mass is 332 g/mol. The molecule has 2 nitrogen and oxygen atoms in total. The highest BCUT2D eigenvalue weighted by Crippen LogP contribution is 2.34. The van der Waals surface area contributed by atoms with E-state index in [9.17, 15) is 0 Å². The predicted molar refractivity (Wildman–Crippen MR) is 111 cm³/mol. The van der Waals surface area contributed by atoms with Crippen LogP contribution in [-0.2, 0) is 0 Å². The van der Waals surface area contributed by atoms with Gasteiger partial charge in [0.2, 0.25) is 0 Å². The van der Waals surface area contributed by atoms with E-state index in [-0.39, 0.29) is 0 Å². The lowest BCUT2D eigenvalue weighted by Crippen LogP contribution is -2.14. The Labute approximate surface area is 151 Å². The lowest BCUT2D eigenvalue weighted by molar-refractivity contribution is 0.450. The van der Waals surface area contributed by atoms with E-state index in [2.05, 4.69) is 80.7 Å². The van der Waals surface area contributed by atoms with Crippen LogP contribution in [0.1, 0.15) is 37.3 Å². The van der Waals surface area contributed by atoms with Crippen LogP contribution in [0.4, 0.5) is 0 Å². The van der Waals surface area contributed by atoms with Gasteiger partial charge in [-0.15, -0.1) is 0 Å². The molecule has 0 radical (unpaired) electrons. The number of allylic oxidation sites excluding steroid dienone is 2. The number of hydrogen-bond acceptors (Lipinski definition) is 2. The molecule has 0 saturated carbocycles. The van der Waals surface area contributed by atoms with E-state index in [1.165, 1.54) is 39.5 Å². The summed E-state index contributed by atoms with van der Waals surface area (Å²) >= 11 is 0. The second kappa shape index (κ2) is 8.26. The maximum Gasteiger partial charge on any atom is 0.0389 e. The van der Waals surface area contributed by atoms with E-state index in [0.717, 1.165) is 25.9 Å². The van der Waals surface area contributed by atoms with Gasteiger partial charge in [-0.25, -0.2) is 0 Å². The molecule has 0 bridgehead atoms. The summed E-state index contributed by atoms with van der Waals surface area (Å²) < 4.78 is 0. The predicted octanol–water partition coefficient (Wildman–Crippen LogP) is 5.33. The molecule has 25 heavy (non-hydrogen) atoms. The highest BCUT2D eigenvalue weighted by Gasteiger charge is 2.16. The van der Waals surface area contributed by atoms with Crippen molar-refractivity contribution in [2.45, 2.75) is 26.2 Å². The molecule has 0 heterocycles. The molecular formula is C23H28N2. The second-order valence-electron chi connectivity index (χ2n) is 6.98. The molecule has 1 aliphatic carbocycles. The van der Waals surface area contributed by atoms with Gasteiger partial charge in [0.1, 0.15) is 0 Å². The first kappa shape index (κ1) is 17.6. The van der Waals surface area contributed by atoms with Crippen molar-refractivity contribution in [1.82, 2.24) is 4.90 Å². The Morgan fingerprint density at radius 3 is 2.76 bits per heavy atom. The van der Waals surface area contributed by atoms with Crippen LogP contribution in [0.2, 0.25) is 0 Å². The molecule has 0 spiro atoms. The van der Waals surface area contributed by atoms with Gasteiger partial charge < -0.3 is 4.90 Å². The van der Waals surface area contributed by atoms with Gasteiger partial charge in [-0.1, -0.05) is 61.9 Å². The number of likely N-dealkylation sites (N-methyl/N-ethyl adjacent to an activating group) is 1. The molecule has 0 fully saturated rings. The van der Waals surface area contributed by atoms with Gasteiger partial charge >= 0.3 is 0 Å². The quantitative estimate of drug-likeness (QED) is 0.494. The molecule has 0 aromatic heterocycles. The summed E-state index contributed by atoms with van der Waals surface area (Å²) in [6.45, 7) is 4.09. The van der Waals surface area contributed by atoms with Crippen molar-refractivity contribution in [3.8, 4) is 0 Å². The Bertz CT molecular complexity index is 825. The Kier molecular flexibility index (Phi) is 5.83. The van der Waals surface area contributed by atoms with Gasteiger partial charge in [0.25, 0.3) is 0 Å². The van der Waals surface area contributed by atoms with Gasteiger partial charge in [-0.2, -0.15) is 0 Å². The van der Waals surface area contributed by atoms with Crippen LogP contribution in [-0.4, -0.2) is 38.3 Å². The molecule has 2 aromatic carbocycles. The molecule has 0 amide bonds. The Hall–Kier alpha value is -2.19. The van der Waals surface area contributed by atoms with Crippen molar-refractivity contribution in [2.75, 3.05) is 27.2 Å². The molecule has 0 N–H and O–H groups in total. The topological polar surface area (TPSA) is 15.6 Å². The molecule has 2 aromatic rings. The van der Waals surface area contributed by atoms with E-state index >= 15 is 0 Å². The molecule has 130 valence electrons. The Morgan fingerprint density at radius 2 is 1.96 bits per heavy atom. The number of benzene rings is 2. The molecule has 0 aliphatic heterocycles. The van der Waals surface area contributed by atoms with Crippen LogP contribution in [0.3, 0.4) is 0 Å². The average Bonchev–Trinajstić information content (AvgIpc) is 3.05. The van der Waals surface area contributed by atoms with Gasteiger partial charge in [-0.05, 0) is 54.4 Å². The van der Waals surface area contributed by atoms with Crippen LogP contribution >= 0.6 is 0 Å². The molecule has 1 aliphatic rings. The first-order valence-electron chi connectivity index (χ1n) is 9.26. The lowest BCUT2D eigenvalue weighted by atomic mass is 9.92. The molecule has 3 rings (SSSR count). The van der Waals surface area contributed by atoms with Gasteiger partial charge in [0, 0.05) is 24.9 Å². The number of fused-ring (bicyclic) bond motifs is 1. The third kappa shape index (κ3) is 4.08. The van der Waals surface area contributed by atoms with Crippen molar-refractivity contribution < 1.29 is 0 Å². The lowest BCUT2D eigenvalue weighted by Gasteiger charge is -2.16. The molecule has 0 saturated heterocycles. The summed E-state index contributed by atoms with van der Waals surface area (Å²) in [5, 5.41) is 2.58. The van der Waals surface area contributed by atoms with E-state index in [1.807, 2.05) is 0 Å². The zero-order valence-corrected chi connectivity index (χ0v) is 15.6. The zero-order chi connectivity index (χ0) is 17.6. The van der Waals surface area contributed by atoms with Gasteiger partial charge in [0.05, 0.1) is 0 Å². The maximum atomic E-state index is 4.72. The van der Waals surface area contributed by atoms with E-state index in [1.54, 1.807) is 0 Å². The first-order valence-corrected chi connectivity index (χ1v) is 9.26. The largest absolute Gasteiger partial charge is 0.305 e. The van der Waals surface area contributed by atoms with Crippen molar-refractivity contribution in [3.63, 3.8) is 0 Å². The average molecular weight is 332 g/mol. The second-order valence-corrected chi connectivity index (χ2v) is 6.98. The van der Waals surface area contributed by atoms with Gasteiger partial charge in [-0.3, -0.25) is 4.99 Å². The highest BCUT2D eigenvalue weighted by atomic mass is 15.0. The third-order valence-corrected chi connectivity index (χ3v) is 4.67. The number of unbranched alkanes of at least 4 members (excludes halogenated alkanes) is 1. The Balaban J connectivity index is 2.09. The fourth-order valence-electron chi connectivity index (χ4n) is 3.43. The number of nitrogens with zero attached hydrogens (tertiary/aromatic N) is 2. The minimum Gasteiger partial charge on any atom is -0.305 e. The van der Waals surface area contributed by atoms with Crippen LogP contribution in [0, 0.1) is 0 Å². The van der Waals surface area contributed by atoms with E-state index < -0.39 is 0 Å². The first-order chi connectivity index (χ1) is 12.2. The summed E-state index contributed by atoms with van der Waals surface area (Å²) in [6.07, 6.45) is 10.0. The smallest absolute Gasteiger partial charge is 0.0389 e. The molecular weight excluding hydrogens is 304 g/mol. The van der Waals surface area contributed by atoms with Gasteiger partial charge in [0.15, 0.2) is 0 Å². The van der Waals surface area contributed by atoms with Crippen molar-refractivity contribution in [3.05, 3.63) is 65.3 Å². The minimum atomic E-state index is 0.904. The van der Waals surface area contributed by atoms with Crippen molar-refractivity contribution in [1.29, 1.82) is 0 Å². The summed E-state index contributed by atoms with van der Waals surface area (Å²) in [5.74, 6) is 0. The number of aliphatic imine (C=N–C) groups is 1. The SMILES string of the molecule is CCCCN=Cc1c(C2=C(CN(C)C)C=CC2)ccc2ccccc12. The van der Waals surface area contributed by atoms with Crippen LogP contribution in [0.25, 0.3) is 16.3 Å². The molecule has 0 atom stereocenters. The third-order valence-electron chi connectivity index (χ3n) is 4.67. The summed E-state index contributed by atoms with van der Waals surface area (Å²) in [4.78, 5) is 6.96. The van der Waals surface area contributed by atoms with Crippen LogP contribution in [0.5, 0.6) is 0 Å². The van der Waals surface area contributed by atoms with Crippen LogP contribution < -0.4 is 0 Å². The maximum absolute atomic E-state index is 4.72. The Morgan fingerprint density at radius 1 is 1.12 bits per heavy atom. The summed E-state index contributed by atoms with van der Waals surface area (Å²) in [6, 6.07) is 13.2. The zero-order valence-electron chi connectivity index (χ0n) is 15.6.